The van der Waals surface area contributed by atoms with Crippen molar-refractivity contribution in [1.29, 1.82) is 0 Å². The van der Waals surface area contributed by atoms with Gasteiger partial charge in [-0.25, -0.2) is 14.5 Å². The minimum absolute atomic E-state index is 0.00918. The van der Waals surface area contributed by atoms with Crippen LogP contribution in [-0.2, 0) is 22.5 Å². The van der Waals surface area contributed by atoms with Gasteiger partial charge in [-0.2, -0.15) is 5.10 Å². The highest BCUT2D eigenvalue weighted by Gasteiger charge is 2.31. The van der Waals surface area contributed by atoms with Gasteiger partial charge in [-0.1, -0.05) is 0 Å². The van der Waals surface area contributed by atoms with Crippen molar-refractivity contribution in [3.05, 3.63) is 42.0 Å². The van der Waals surface area contributed by atoms with E-state index in [9.17, 15) is 9.59 Å². The molecule has 1 fully saturated rings. The van der Waals surface area contributed by atoms with Crippen molar-refractivity contribution >= 4 is 17.6 Å². The summed E-state index contributed by atoms with van der Waals surface area (Å²) in [5, 5.41) is 4.21. The summed E-state index contributed by atoms with van der Waals surface area (Å²) in [4.78, 5) is 32.8. The lowest BCUT2D eigenvalue weighted by Crippen LogP contribution is -2.51. The lowest BCUT2D eigenvalue weighted by molar-refractivity contribution is -0.137. The molecule has 142 valence electrons. The van der Waals surface area contributed by atoms with E-state index < -0.39 is 0 Å². The van der Waals surface area contributed by atoms with Gasteiger partial charge in [0.15, 0.2) is 0 Å². The molecule has 0 bridgehead atoms. The Morgan fingerprint density at radius 2 is 1.85 bits per heavy atom. The van der Waals surface area contributed by atoms with E-state index in [4.69, 9.17) is 4.74 Å². The van der Waals surface area contributed by atoms with Crippen LogP contribution in [0.1, 0.15) is 22.6 Å². The second kappa shape index (κ2) is 7.38. The number of aromatic nitrogens is 3. The number of piperazine rings is 1. The van der Waals surface area contributed by atoms with Crippen LogP contribution in [0, 0.1) is 5.92 Å². The Labute approximate surface area is 157 Å². The molecule has 1 aromatic carbocycles. The Bertz CT molecular complexity index is 824. The molecule has 1 amide bonds. The summed E-state index contributed by atoms with van der Waals surface area (Å²) < 4.78 is 6.58. The third-order valence-corrected chi connectivity index (χ3v) is 5.40. The molecule has 1 saturated heterocycles. The number of methoxy groups -OCH3 is 1. The van der Waals surface area contributed by atoms with Crippen LogP contribution >= 0.6 is 0 Å². The van der Waals surface area contributed by atoms with E-state index in [1.54, 1.807) is 18.5 Å². The van der Waals surface area contributed by atoms with Crippen LogP contribution in [0.15, 0.2) is 30.6 Å². The van der Waals surface area contributed by atoms with E-state index in [2.05, 4.69) is 15.0 Å². The zero-order valence-corrected chi connectivity index (χ0v) is 15.4. The first-order valence-corrected chi connectivity index (χ1v) is 9.24. The first-order valence-electron chi connectivity index (χ1n) is 9.24. The van der Waals surface area contributed by atoms with Gasteiger partial charge in [-0.05, 0) is 30.7 Å². The average molecular weight is 369 g/mol. The molecule has 0 radical (unpaired) electrons. The quantitative estimate of drug-likeness (QED) is 0.750. The fourth-order valence-corrected chi connectivity index (χ4v) is 3.81. The van der Waals surface area contributed by atoms with Crippen LogP contribution in [0.25, 0.3) is 0 Å². The van der Waals surface area contributed by atoms with Crippen molar-refractivity contribution in [2.45, 2.75) is 19.4 Å². The predicted octanol–water partition coefficient (Wildman–Crippen LogP) is 0.976. The normalized spacial score (nSPS) is 19.5. The largest absolute Gasteiger partial charge is 0.465 e. The van der Waals surface area contributed by atoms with E-state index in [-0.39, 0.29) is 17.8 Å². The maximum atomic E-state index is 12.9. The lowest BCUT2D eigenvalue weighted by atomic mass is 9.98. The van der Waals surface area contributed by atoms with Crippen molar-refractivity contribution in [1.82, 2.24) is 19.7 Å². The van der Waals surface area contributed by atoms with Gasteiger partial charge in [0, 0.05) is 38.3 Å². The highest BCUT2D eigenvalue weighted by molar-refractivity contribution is 5.89. The monoisotopic (exact) mass is 369 g/mol. The third-order valence-electron chi connectivity index (χ3n) is 5.40. The second-order valence-corrected chi connectivity index (χ2v) is 6.94. The molecule has 0 aliphatic carbocycles. The van der Waals surface area contributed by atoms with Gasteiger partial charge >= 0.3 is 5.97 Å². The van der Waals surface area contributed by atoms with Crippen LogP contribution in [-0.4, -0.2) is 64.8 Å². The molecule has 8 heteroatoms. The smallest absolute Gasteiger partial charge is 0.337 e. The number of rotatable bonds is 3. The molecule has 8 nitrogen and oxygen atoms in total. The van der Waals surface area contributed by atoms with Gasteiger partial charge in [-0.15, -0.1) is 0 Å². The fourth-order valence-electron chi connectivity index (χ4n) is 3.81. The fraction of sp³-hybridized carbons (Fsp3) is 0.474. The highest BCUT2D eigenvalue weighted by Crippen LogP contribution is 2.22. The lowest BCUT2D eigenvalue weighted by Gasteiger charge is -2.38. The minimum Gasteiger partial charge on any atom is -0.465 e. The van der Waals surface area contributed by atoms with Crippen LogP contribution < -0.4 is 4.90 Å². The minimum atomic E-state index is -0.333. The van der Waals surface area contributed by atoms with Crippen molar-refractivity contribution in [3.8, 4) is 0 Å². The summed E-state index contributed by atoms with van der Waals surface area (Å²) in [5.41, 5.74) is 1.60. The number of nitrogens with zero attached hydrogens (tertiary/aromatic N) is 5. The van der Waals surface area contributed by atoms with Crippen LogP contribution in [0.4, 0.5) is 5.69 Å². The number of benzene rings is 1. The Kier molecular flexibility index (Phi) is 4.79. The SMILES string of the molecule is COC(=O)c1ccc(N2CCN(C(=O)C3CCc4ncnn4C3)CC2)cc1. The summed E-state index contributed by atoms with van der Waals surface area (Å²) in [6, 6.07) is 7.40. The Balaban J connectivity index is 1.33. The summed E-state index contributed by atoms with van der Waals surface area (Å²) in [6.07, 6.45) is 3.21. The number of amides is 1. The average Bonchev–Trinajstić information content (AvgIpc) is 3.21. The Morgan fingerprint density at radius 1 is 1.11 bits per heavy atom. The molecule has 1 unspecified atom stereocenters. The van der Waals surface area contributed by atoms with Gasteiger partial charge in [-0.3, -0.25) is 4.79 Å². The highest BCUT2D eigenvalue weighted by atomic mass is 16.5. The summed E-state index contributed by atoms with van der Waals surface area (Å²) in [5.74, 6) is 0.848. The molecule has 27 heavy (non-hydrogen) atoms. The number of hydrogen-bond acceptors (Lipinski definition) is 6. The van der Waals surface area contributed by atoms with Crippen molar-refractivity contribution < 1.29 is 14.3 Å². The first-order chi connectivity index (χ1) is 13.2. The number of carbonyl (C=O) groups is 2. The standard InChI is InChI=1S/C19H23N5O3/c1-27-19(26)14-2-5-16(6-3-14)22-8-10-23(11-9-22)18(25)15-4-7-17-20-13-21-24(17)12-15/h2-3,5-6,13,15H,4,7-12H2,1H3. The summed E-state index contributed by atoms with van der Waals surface area (Å²) in [7, 11) is 1.38. The van der Waals surface area contributed by atoms with Gasteiger partial charge in [0.25, 0.3) is 0 Å². The molecule has 2 aromatic rings. The molecule has 4 rings (SSSR count). The Hall–Kier alpha value is -2.90. The third kappa shape index (κ3) is 3.51. The zero-order chi connectivity index (χ0) is 18.8. The molecular formula is C19H23N5O3. The van der Waals surface area contributed by atoms with Crippen molar-refractivity contribution in [3.63, 3.8) is 0 Å². The molecule has 1 atom stereocenters. The summed E-state index contributed by atoms with van der Waals surface area (Å²) >= 11 is 0. The number of hydrogen-bond donors (Lipinski definition) is 0. The number of esters is 1. The Morgan fingerprint density at radius 3 is 2.56 bits per heavy atom. The second-order valence-electron chi connectivity index (χ2n) is 6.94. The van der Waals surface area contributed by atoms with Gasteiger partial charge in [0.05, 0.1) is 25.1 Å². The molecule has 3 heterocycles. The van der Waals surface area contributed by atoms with Crippen LogP contribution in [0.5, 0.6) is 0 Å². The van der Waals surface area contributed by atoms with Crippen molar-refractivity contribution in [2.24, 2.45) is 5.92 Å². The molecular weight excluding hydrogens is 346 g/mol. The number of fused-ring (bicyclic) bond motifs is 1. The number of carbonyl (C=O) groups excluding carboxylic acids is 2. The van der Waals surface area contributed by atoms with E-state index >= 15 is 0 Å². The van der Waals surface area contributed by atoms with Crippen LogP contribution in [0.3, 0.4) is 0 Å². The molecule has 2 aliphatic heterocycles. The topological polar surface area (TPSA) is 80.6 Å². The number of aryl methyl sites for hydroxylation is 1. The molecule has 0 N–H and O–H groups in total. The summed E-state index contributed by atoms with van der Waals surface area (Å²) in [6.45, 7) is 3.61. The first kappa shape index (κ1) is 17.5. The van der Waals surface area contributed by atoms with E-state index in [1.807, 2.05) is 21.7 Å². The zero-order valence-electron chi connectivity index (χ0n) is 15.4. The molecule has 1 aromatic heterocycles. The number of ether oxygens (including phenoxy) is 1. The van der Waals surface area contributed by atoms with Crippen LogP contribution in [0.2, 0.25) is 0 Å². The van der Waals surface area contributed by atoms with E-state index in [0.717, 1.165) is 37.4 Å². The van der Waals surface area contributed by atoms with E-state index in [1.165, 1.54) is 7.11 Å². The molecule has 2 aliphatic rings. The maximum Gasteiger partial charge on any atom is 0.337 e. The van der Waals surface area contributed by atoms with Gasteiger partial charge < -0.3 is 14.5 Å². The van der Waals surface area contributed by atoms with Gasteiger partial charge in [0.1, 0.15) is 12.2 Å². The predicted molar refractivity (Wildman–Crippen MR) is 98.4 cm³/mol. The molecule has 0 spiro atoms. The maximum absolute atomic E-state index is 12.9. The van der Waals surface area contributed by atoms with Crippen molar-refractivity contribution in [2.75, 3.05) is 38.2 Å². The van der Waals surface area contributed by atoms with Gasteiger partial charge in [0.2, 0.25) is 5.91 Å². The number of anilines is 1. The molecule has 0 saturated carbocycles. The van der Waals surface area contributed by atoms with E-state index in [0.29, 0.717) is 25.2 Å².